The molecular weight excluding hydrogens is 236 g/mol. The predicted molar refractivity (Wildman–Crippen MR) is 76.8 cm³/mol. The van der Waals surface area contributed by atoms with E-state index in [1.807, 2.05) is 0 Å². The minimum Gasteiger partial charge on any atom is -0.381 e. The third kappa shape index (κ3) is 2.69. The smallest absolute Gasteiger partial charge is 0.0469 e. The summed E-state index contributed by atoms with van der Waals surface area (Å²) in [5, 5.41) is 0. The van der Waals surface area contributed by atoms with Crippen molar-refractivity contribution >= 4 is 0 Å². The standard InChI is InChI=1S/C16H24N2O/c17-18-16(13-8-10-19-11-9-13)15-7-3-5-12-4-1-2-6-14(12)15/h1-2,4,6,13,15-16,18H,3,5,7-11,17H2. The summed E-state index contributed by atoms with van der Waals surface area (Å²) in [5.74, 6) is 7.12. The Labute approximate surface area is 115 Å². The molecule has 1 aliphatic carbocycles. The number of hydrogen-bond donors (Lipinski definition) is 2. The van der Waals surface area contributed by atoms with Gasteiger partial charge >= 0.3 is 0 Å². The molecule has 3 nitrogen and oxygen atoms in total. The van der Waals surface area contributed by atoms with Gasteiger partial charge in [-0.05, 0) is 49.1 Å². The van der Waals surface area contributed by atoms with Gasteiger partial charge in [0.1, 0.15) is 0 Å². The number of rotatable bonds is 3. The molecule has 2 unspecified atom stereocenters. The molecule has 2 aliphatic rings. The van der Waals surface area contributed by atoms with Crippen molar-refractivity contribution in [2.24, 2.45) is 11.8 Å². The van der Waals surface area contributed by atoms with Gasteiger partial charge in [0.25, 0.3) is 0 Å². The number of hydrogen-bond acceptors (Lipinski definition) is 3. The molecule has 0 radical (unpaired) electrons. The highest BCUT2D eigenvalue weighted by Gasteiger charge is 2.33. The van der Waals surface area contributed by atoms with Crippen LogP contribution in [0.1, 0.15) is 42.7 Å². The van der Waals surface area contributed by atoms with Crippen LogP contribution in [0.25, 0.3) is 0 Å². The first-order valence-electron chi connectivity index (χ1n) is 7.52. The minimum absolute atomic E-state index is 0.394. The van der Waals surface area contributed by atoms with E-state index in [4.69, 9.17) is 10.6 Å². The van der Waals surface area contributed by atoms with Gasteiger partial charge in [-0.15, -0.1) is 0 Å². The van der Waals surface area contributed by atoms with Crippen LogP contribution in [0.5, 0.6) is 0 Å². The molecule has 3 heteroatoms. The maximum atomic E-state index is 5.90. The van der Waals surface area contributed by atoms with Crippen LogP contribution in [-0.4, -0.2) is 19.3 Å². The van der Waals surface area contributed by atoms with Gasteiger partial charge in [-0.2, -0.15) is 0 Å². The van der Waals surface area contributed by atoms with E-state index in [0.29, 0.717) is 17.9 Å². The molecule has 1 saturated heterocycles. The molecule has 1 aliphatic heterocycles. The lowest BCUT2D eigenvalue weighted by Gasteiger charge is -2.38. The molecule has 19 heavy (non-hydrogen) atoms. The van der Waals surface area contributed by atoms with Crippen LogP contribution in [-0.2, 0) is 11.2 Å². The molecule has 1 heterocycles. The number of aryl methyl sites for hydroxylation is 1. The number of ether oxygens (including phenoxy) is 1. The number of nitrogens with one attached hydrogen (secondary N) is 1. The number of nitrogens with two attached hydrogens (primary N) is 1. The molecule has 104 valence electrons. The summed E-state index contributed by atoms with van der Waals surface area (Å²) in [6.45, 7) is 1.77. The van der Waals surface area contributed by atoms with Crippen LogP contribution in [0.4, 0.5) is 0 Å². The van der Waals surface area contributed by atoms with Gasteiger partial charge in [-0.1, -0.05) is 24.3 Å². The molecule has 0 aromatic heterocycles. The molecule has 0 spiro atoms. The van der Waals surface area contributed by atoms with Crippen molar-refractivity contribution in [2.45, 2.75) is 44.1 Å². The first kappa shape index (κ1) is 13.1. The Morgan fingerprint density at radius 3 is 2.74 bits per heavy atom. The van der Waals surface area contributed by atoms with Crippen molar-refractivity contribution in [1.82, 2.24) is 5.43 Å². The van der Waals surface area contributed by atoms with E-state index in [1.165, 1.54) is 30.4 Å². The van der Waals surface area contributed by atoms with Gasteiger partial charge in [0, 0.05) is 25.2 Å². The number of benzene rings is 1. The largest absolute Gasteiger partial charge is 0.381 e. The Hall–Kier alpha value is -0.900. The van der Waals surface area contributed by atoms with E-state index in [0.717, 1.165) is 26.1 Å². The fourth-order valence-electron chi connectivity index (χ4n) is 3.82. The highest BCUT2D eigenvalue weighted by atomic mass is 16.5. The average molecular weight is 260 g/mol. The van der Waals surface area contributed by atoms with Gasteiger partial charge < -0.3 is 4.74 Å². The number of hydrazine groups is 1. The first-order valence-corrected chi connectivity index (χ1v) is 7.52. The first-order chi connectivity index (χ1) is 9.40. The zero-order valence-electron chi connectivity index (χ0n) is 11.5. The molecule has 0 amide bonds. The highest BCUT2D eigenvalue weighted by Crippen LogP contribution is 2.38. The lowest BCUT2D eigenvalue weighted by atomic mass is 9.73. The summed E-state index contributed by atoms with van der Waals surface area (Å²) in [4.78, 5) is 0. The van der Waals surface area contributed by atoms with Crippen molar-refractivity contribution in [3.8, 4) is 0 Å². The second-order valence-corrected chi connectivity index (χ2v) is 5.84. The monoisotopic (exact) mass is 260 g/mol. The summed E-state index contributed by atoms with van der Waals surface area (Å²) < 4.78 is 5.48. The second-order valence-electron chi connectivity index (χ2n) is 5.84. The topological polar surface area (TPSA) is 47.3 Å². The summed E-state index contributed by atoms with van der Waals surface area (Å²) in [6.07, 6.45) is 6.02. The molecule has 1 fully saturated rings. The summed E-state index contributed by atoms with van der Waals surface area (Å²) in [6, 6.07) is 9.28. The molecule has 3 rings (SSSR count). The van der Waals surface area contributed by atoms with Crippen LogP contribution in [0, 0.1) is 5.92 Å². The van der Waals surface area contributed by atoms with Gasteiger partial charge in [0.05, 0.1) is 0 Å². The summed E-state index contributed by atoms with van der Waals surface area (Å²) >= 11 is 0. The fourth-order valence-corrected chi connectivity index (χ4v) is 3.82. The Bertz CT molecular complexity index is 415. The van der Waals surface area contributed by atoms with E-state index < -0.39 is 0 Å². The van der Waals surface area contributed by atoms with E-state index in [-0.39, 0.29) is 0 Å². The van der Waals surface area contributed by atoms with Crippen LogP contribution < -0.4 is 11.3 Å². The highest BCUT2D eigenvalue weighted by molar-refractivity contribution is 5.34. The van der Waals surface area contributed by atoms with Crippen LogP contribution in [0.2, 0.25) is 0 Å². The Balaban J connectivity index is 1.83. The van der Waals surface area contributed by atoms with Crippen molar-refractivity contribution in [3.63, 3.8) is 0 Å². The van der Waals surface area contributed by atoms with Crippen LogP contribution >= 0.6 is 0 Å². The maximum absolute atomic E-state index is 5.90. The molecular formula is C16H24N2O. The molecule has 1 aromatic carbocycles. The van der Waals surface area contributed by atoms with Crippen LogP contribution in [0.15, 0.2) is 24.3 Å². The van der Waals surface area contributed by atoms with E-state index in [1.54, 1.807) is 0 Å². The molecule has 0 bridgehead atoms. The van der Waals surface area contributed by atoms with Crippen molar-refractivity contribution < 1.29 is 4.74 Å². The third-order valence-electron chi connectivity index (χ3n) is 4.82. The summed E-state index contributed by atoms with van der Waals surface area (Å²) in [5.41, 5.74) is 6.16. The fraction of sp³-hybridized carbons (Fsp3) is 0.625. The second kappa shape index (κ2) is 6.04. The van der Waals surface area contributed by atoms with Crippen molar-refractivity contribution in [1.29, 1.82) is 0 Å². The lowest BCUT2D eigenvalue weighted by molar-refractivity contribution is 0.0488. The predicted octanol–water partition coefficient (Wildman–Crippen LogP) is 2.36. The van der Waals surface area contributed by atoms with Gasteiger partial charge in [-0.25, -0.2) is 0 Å². The average Bonchev–Trinajstić information content (AvgIpc) is 2.49. The zero-order chi connectivity index (χ0) is 13.1. The van der Waals surface area contributed by atoms with Crippen molar-refractivity contribution in [3.05, 3.63) is 35.4 Å². The molecule has 3 N–H and O–H groups in total. The normalized spacial score (nSPS) is 25.8. The number of fused-ring (bicyclic) bond motifs is 1. The van der Waals surface area contributed by atoms with Crippen LogP contribution in [0.3, 0.4) is 0 Å². The third-order valence-corrected chi connectivity index (χ3v) is 4.82. The quantitative estimate of drug-likeness (QED) is 0.648. The molecule has 0 saturated carbocycles. The van der Waals surface area contributed by atoms with E-state index in [2.05, 4.69) is 29.7 Å². The van der Waals surface area contributed by atoms with E-state index in [9.17, 15) is 0 Å². The SMILES string of the molecule is NNC(C1CCOCC1)C1CCCc2ccccc21. The van der Waals surface area contributed by atoms with E-state index >= 15 is 0 Å². The van der Waals surface area contributed by atoms with Gasteiger partial charge in [0.15, 0.2) is 0 Å². The summed E-state index contributed by atoms with van der Waals surface area (Å²) in [7, 11) is 0. The Kier molecular flexibility index (Phi) is 4.16. The lowest BCUT2D eigenvalue weighted by Crippen LogP contribution is -2.47. The maximum Gasteiger partial charge on any atom is 0.0469 e. The Morgan fingerprint density at radius 1 is 1.16 bits per heavy atom. The van der Waals surface area contributed by atoms with Crippen molar-refractivity contribution in [2.75, 3.05) is 13.2 Å². The van der Waals surface area contributed by atoms with Gasteiger partial charge in [0.2, 0.25) is 0 Å². The molecule has 2 atom stereocenters. The zero-order valence-corrected chi connectivity index (χ0v) is 11.5. The van der Waals surface area contributed by atoms with Gasteiger partial charge in [-0.3, -0.25) is 11.3 Å². The molecule has 1 aromatic rings. The Morgan fingerprint density at radius 2 is 1.95 bits per heavy atom. The minimum atomic E-state index is 0.394.